The van der Waals surface area contributed by atoms with Crippen LogP contribution in [0.2, 0.25) is 0 Å². The summed E-state index contributed by atoms with van der Waals surface area (Å²) in [6.07, 6.45) is 14.1. The molecule has 8 rings (SSSR count). The van der Waals surface area contributed by atoms with Crippen LogP contribution in [-0.2, 0) is 33.1 Å². The third-order valence-corrected chi connectivity index (χ3v) is 13.7. The van der Waals surface area contributed by atoms with Crippen LogP contribution < -0.4 is 4.74 Å². The molecule has 2 aromatic rings. The van der Waals surface area contributed by atoms with Gasteiger partial charge in [0.2, 0.25) is 0 Å². The molecule has 0 spiro atoms. The van der Waals surface area contributed by atoms with Gasteiger partial charge < -0.3 is 29.1 Å². The zero-order valence-electron chi connectivity index (χ0n) is 33.6. The van der Waals surface area contributed by atoms with Crippen LogP contribution in [0.15, 0.2) is 36.4 Å². The fourth-order valence-electron chi connectivity index (χ4n) is 11.4. The molecular weight excluding hydrogens is 700 g/mol. The number of hydrogen-bond acceptors (Lipinski definition) is 6. The second-order valence-corrected chi connectivity index (χ2v) is 19.3. The number of halogens is 1. The molecule has 2 saturated carbocycles. The molecule has 8 nitrogen and oxygen atoms in total. The van der Waals surface area contributed by atoms with Gasteiger partial charge in [0.15, 0.2) is 0 Å². The standard InChI is InChI=1S/C24H34ClNO3.C21H29NO3/c1-23(2,3)29-22(27)26-13-11-24-10-5-4-7-19(24)21(26)15-17-8-9-18(16-20(17)24)28-14-6-12-25;1-20(2,3)25-19(24)22-11-10-21-9-5-4-6-16(21)18(22)12-14-7-8-15(23)13-17(14)21/h8-9,16,19,21H,4-7,10-15H2,1-3H3;7-8,13,16,18,23H,4-6,9-12H2,1-3H3. The number of fused-ring (bicyclic) bond motifs is 2. The topological polar surface area (TPSA) is 88.5 Å². The Kier molecular flexibility index (Phi) is 10.9. The number of carbonyl (C=O) groups excluding carboxylic acids is 2. The molecule has 4 fully saturated rings. The number of phenols is 1. The van der Waals surface area contributed by atoms with Gasteiger partial charge in [0.25, 0.3) is 0 Å². The summed E-state index contributed by atoms with van der Waals surface area (Å²) < 4.78 is 17.4. The zero-order chi connectivity index (χ0) is 38.5. The van der Waals surface area contributed by atoms with Crippen LogP contribution in [0.3, 0.4) is 0 Å². The molecule has 2 aliphatic heterocycles. The molecule has 6 atom stereocenters. The Morgan fingerprint density at radius 2 is 1.24 bits per heavy atom. The highest BCUT2D eigenvalue weighted by molar-refractivity contribution is 6.17. The van der Waals surface area contributed by atoms with E-state index < -0.39 is 11.2 Å². The van der Waals surface area contributed by atoms with Gasteiger partial charge in [-0.25, -0.2) is 9.59 Å². The Hall–Kier alpha value is -3.13. The number of amides is 2. The highest BCUT2D eigenvalue weighted by Gasteiger charge is 2.57. The van der Waals surface area contributed by atoms with Crippen LogP contribution in [0.4, 0.5) is 9.59 Å². The van der Waals surface area contributed by atoms with E-state index in [1.807, 2.05) is 57.4 Å². The predicted molar refractivity (Wildman–Crippen MR) is 213 cm³/mol. The quantitative estimate of drug-likeness (QED) is 0.247. The van der Waals surface area contributed by atoms with Gasteiger partial charge >= 0.3 is 12.2 Å². The van der Waals surface area contributed by atoms with E-state index in [2.05, 4.69) is 24.3 Å². The molecule has 6 aliphatic rings. The Labute approximate surface area is 328 Å². The average molecular weight is 763 g/mol. The fraction of sp³-hybridized carbons (Fsp3) is 0.689. The first-order valence-corrected chi connectivity index (χ1v) is 21.3. The molecule has 2 heterocycles. The molecule has 2 saturated heterocycles. The summed E-state index contributed by atoms with van der Waals surface area (Å²) in [5.41, 5.74) is 4.90. The number of phenolic OH excluding ortho intramolecular Hbond substituents is 1. The summed E-state index contributed by atoms with van der Waals surface area (Å²) in [6, 6.07) is 12.9. The molecule has 0 radical (unpaired) electrons. The van der Waals surface area contributed by atoms with Gasteiger partial charge in [-0.1, -0.05) is 37.8 Å². The second kappa shape index (κ2) is 15.1. The largest absolute Gasteiger partial charge is 0.508 e. The number of hydrogen-bond donors (Lipinski definition) is 1. The predicted octanol–water partition coefficient (Wildman–Crippen LogP) is 10.1. The van der Waals surface area contributed by atoms with E-state index in [4.69, 9.17) is 25.8 Å². The molecule has 9 heteroatoms. The summed E-state index contributed by atoms with van der Waals surface area (Å²) in [5.74, 6) is 2.95. The van der Waals surface area contributed by atoms with E-state index in [0.29, 0.717) is 30.1 Å². The van der Waals surface area contributed by atoms with Crippen molar-refractivity contribution in [3.8, 4) is 11.5 Å². The summed E-state index contributed by atoms with van der Waals surface area (Å²) >= 11 is 5.80. The zero-order valence-corrected chi connectivity index (χ0v) is 34.3. The first-order valence-electron chi connectivity index (χ1n) is 20.8. The van der Waals surface area contributed by atoms with Crippen molar-refractivity contribution in [3.05, 3.63) is 58.7 Å². The summed E-state index contributed by atoms with van der Waals surface area (Å²) in [7, 11) is 0. The lowest BCUT2D eigenvalue weighted by atomic mass is 9.52. The average Bonchev–Trinajstić information content (AvgIpc) is 3.11. The minimum Gasteiger partial charge on any atom is -0.508 e. The Balaban J connectivity index is 0.000000168. The van der Waals surface area contributed by atoms with Crippen molar-refractivity contribution in [2.45, 2.75) is 159 Å². The number of alkyl halides is 1. The Morgan fingerprint density at radius 3 is 1.74 bits per heavy atom. The minimum atomic E-state index is -0.462. The number of likely N-dealkylation sites (tertiary alicyclic amines) is 2. The van der Waals surface area contributed by atoms with Gasteiger partial charge in [-0.05, 0) is 158 Å². The van der Waals surface area contributed by atoms with Gasteiger partial charge in [0.1, 0.15) is 22.7 Å². The van der Waals surface area contributed by atoms with Crippen molar-refractivity contribution in [3.63, 3.8) is 0 Å². The van der Waals surface area contributed by atoms with E-state index in [1.54, 1.807) is 6.07 Å². The molecule has 0 aromatic heterocycles. The maximum atomic E-state index is 13.0. The van der Waals surface area contributed by atoms with Crippen molar-refractivity contribution in [1.82, 2.24) is 9.80 Å². The minimum absolute atomic E-state index is 0.133. The van der Waals surface area contributed by atoms with Crippen LogP contribution in [0, 0.1) is 11.8 Å². The van der Waals surface area contributed by atoms with Crippen molar-refractivity contribution < 1.29 is 28.9 Å². The summed E-state index contributed by atoms with van der Waals surface area (Å²) in [6.45, 7) is 13.8. The number of benzene rings is 2. The lowest BCUT2D eigenvalue weighted by molar-refractivity contribution is -0.0356. The van der Waals surface area contributed by atoms with Gasteiger partial charge in [0, 0.05) is 41.9 Å². The van der Waals surface area contributed by atoms with Gasteiger partial charge in [-0.15, -0.1) is 11.6 Å². The molecule has 4 aliphatic carbocycles. The van der Waals surface area contributed by atoms with E-state index in [9.17, 15) is 14.7 Å². The molecule has 54 heavy (non-hydrogen) atoms. The second-order valence-electron chi connectivity index (χ2n) is 19.0. The van der Waals surface area contributed by atoms with Crippen molar-refractivity contribution >= 4 is 23.8 Å². The summed E-state index contributed by atoms with van der Waals surface area (Å²) in [5, 5.41) is 10.1. The van der Waals surface area contributed by atoms with E-state index in [-0.39, 0.29) is 35.1 Å². The first-order chi connectivity index (χ1) is 25.6. The third kappa shape index (κ3) is 7.54. The van der Waals surface area contributed by atoms with Gasteiger partial charge in [-0.3, -0.25) is 0 Å². The van der Waals surface area contributed by atoms with Crippen LogP contribution >= 0.6 is 11.6 Å². The van der Waals surface area contributed by atoms with Crippen LogP contribution in [0.25, 0.3) is 0 Å². The molecule has 1 N–H and O–H groups in total. The monoisotopic (exact) mass is 762 g/mol. The molecule has 2 amide bonds. The molecule has 296 valence electrons. The van der Waals surface area contributed by atoms with E-state index in [0.717, 1.165) is 50.9 Å². The van der Waals surface area contributed by atoms with Crippen molar-refractivity contribution in [2.75, 3.05) is 25.6 Å². The number of aromatic hydroxyl groups is 1. The molecular formula is C45H63ClN2O6. The smallest absolute Gasteiger partial charge is 0.410 e. The highest BCUT2D eigenvalue weighted by atomic mass is 35.5. The van der Waals surface area contributed by atoms with Crippen LogP contribution in [0.1, 0.15) is 134 Å². The fourth-order valence-corrected chi connectivity index (χ4v) is 11.5. The SMILES string of the molecule is CC(C)(C)OC(=O)N1CCC23CCCCC2C1Cc1ccc(O)cc13.CC(C)(C)OC(=O)N1CCC23CCCCC2C1Cc1ccc(OCCCCl)cc13. The van der Waals surface area contributed by atoms with Crippen molar-refractivity contribution in [1.29, 1.82) is 0 Å². The van der Waals surface area contributed by atoms with Crippen molar-refractivity contribution in [2.24, 2.45) is 11.8 Å². The number of carbonyl (C=O) groups is 2. The van der Waals surface area contributed by atoms with Gasteiger partial charge in [0.05, 0.1) is 6.61 Å². The Bertz CT molecular complexity index is 1700. The lowest BCUT2D eigenvalue weighted by Gasteiger charge is -2.58. The van der Waals surface area contributed by atoms with E-state index in [1.165, 1.54) is 73.6 Å². The molecule has 4 bridgehead atoms. The van der Waals surface area contributed by atoms with Crippen LogP contribution in [0.5, 0.6) is 11.5 Å². The maximum Gasteiger partial charge on any atom is 0.410 e. The highest BCUT2D eigenvalue weighted by Crippen LogP contribution is 2.58. The molecule has 2 aromatic carbocycles. The number of nitrogens with zero attached hydrogens (tertiary/aromatic N) is 2. The maximum absolute atomic E-state index is 13.0. The van der Waals surface area contributed by atoms with Gasteiger partial charge in [-0.2, -0.15) is 0 Å². The number of ether oxygens (including phenoxy) is 3. The Morgan fingerprint density at radius 1 is 0.741 bits per heavy atom. The lowest BCUT2D eigenvalue weighted by Crippen LogP contribution is -2.62. The van der Waals surface area contributed by atoms with E-state index >= 15 is 0 Å². The first kappa shape index (κ1) is 39.1. The van der Waals surface area contributed by atoms with Crippen LogP contribution in [-0.4, -0.2) is 76.0 Å². The summed E-state index contributed by atoms with van der Waals surface area (Å²) in [4.78, 5) is 29.8. The third-order valence-electron chi connectivity index (χ3n) is 13.4. The molecule has 6 unspecified atom stereocenters. The number of piperidine rings is 2. The normalized spacial score (nSPS) is 29.6. The number of rotatable bonds is 4.